The van der Waals surface area contributed by atoms with Gasteiger partial charge in [0.05, 0.1) is 22.1 Å². The molecule has 134 valence electrons. The van der Waals surface area contributed by atoms with Gasteiger partial charge in [0.2, 0.25) is 0 Å². The van der Waals surface area contributed by atoms with Crippen LogP contribution in [0.15, 0.2) is 57.6 Å². The lowest BCUT2D eigenvalue weighted by molar-refractivity contribution is 0.0951. The first-order chi connectivity index (χ1) is 12.5. The van der Waals surface area contributed by atoms with Gasteiger partial charge in [-0.2, -0.15) is 0 Å². The van der Waals surface area contributed by atoms with Crippen molar-refractivity contribution in [2.45, 2.75) is 6.54 Å². The topological polar surface area (TPSA) is 62.6 Å². The molecule has 2 aromatic heterocycles. The maximum atomic E-state index is 12.6. The van der Waals surface area contributed by atoms with E-state index in [1.54, 1.807) is 49.5 Å². The van der Waals surface area contributed by atoms with Gasteiger partial charge in [0, 0.05) is 11.9 Å². The molecule has 0 atom stereocenters. The summed E-state index contributed by atoms with van der Waals surface area (Å²) in [5.74, 6) is -0.436. The number of nitrogens with zero attached hydrogens (tertiary/aromatic N) is 1. The lowest BCUT2D eigenvalue weighted by Crippen LogP contribution is -2.30. The summed E-state index contributed by atoms with van der Waals surface area (Å²) in [6, 6.07) is 13.8. The quantitative estimate of drug-likeness (QED) is 0.594. The highest BCUT2D eigenvalue weighted by atomic mass is 79.9. The number of nitrogens with one attached hydrogen (secondary N) is 1. The van der Waals surface area contributed by atoms with Gasteiger partial charge in [-0.3, -0.25) is 9.59 Å². The number of thiophene rings is 1. The van der Waals surface area contributed by atoms with Crippen LogP contribution in [0.25, 0.3) is 0 Å². The van der Waals surface area contributed by atoms with Gasteiger partial charge < -0.3 is 14.6 Å². The number of anilines is 1. The summed E-state index contributed by atoms with van der Waals surface area (Å²) in [7, 11) is 1.60. The van der Waals surface area contributed by atoms with Crippen molar-refractivity contribution in [2.75, 3.05) is 11.9 Å². The van der Waals surface area contributed by atoms with Gasteiger partial charge >= 0.3 is 0 Å². The first-order valence-electron chi connectivity index (χ1n) is 7.60. The molecule has 3 aromatic rings. The molecule has 2 heterocycles. The Bertz CT molecular complexity index is 953. The van der Waals surface area contributed by atoms with Crippen molar-refractivity contribution >= 4 is 56.4 Å². The summed E-state index contributed by atoms with van der Waals surface area (Å²) in [4.78, 5) is 27.5. The number of amides is 2. The molecule has 0 spiro atoms. The Labute approximate surface area is 167 Å². The minimum absolute atomic E-state index is 0.183. The van der Waals surface area contributed by atoms with E-state index in [0.29, 0.717) is 26.8 Å². The number of furan rings is 1. The molecule has 26 heavy (non-hydrogen) atoms. The third-order valence-corrected chi connectivity index (χ3v) is 5.31. The summed E-state index contributed by atoms with van der Waals surface area (Å²) in [6.45, 7) is 0.368. The Morgan fingerprint density at radius 3 is 2.62 bits per heavy atom. The van der Waals surface area contributed by atoms with Gasteiger partial charge in [0.1, 0.15) is 0 Å². The molecule has 0 saturated carbocycles. The summed E-state index contributed by atoms with van der Waals surface area (Å²) in [5, 5.41) is 2.85. The fraction of sp³-hybridized carbons (Fsp3) is 0.111. The van der Waals surface area contributed by atoms with Crippen molar-refractivity contribution in [1.82, 2.24) is 5.32 Å². The molecule has 0 radical (unpaired) electrons. The summed E-state index contributed by atoms with van der Waals surface area (Å²) >= 11 is 10.5. The predicted octanol–water partition coefficient (Wildman–Crippen LogP) is 4.96. The number of hydrogen-bond donors (Lipinski definition) is 1. The zero-order chi connectivity index (χ0) is 18.7. The van der Waals surface area contributed by atoms with Crippen LogP contribution in [0.3, 0.4) is 0 Å². The highest BCUT2D eigenvalue weighted by Crippen LogP contribution is 2.24. The molecule has 0 fully saturated rings. The summed E-state index contributed by atoms with van der Waals surface area (Å²) in [5.41, 5.74) is 0.892. The fourth-order valence-electron chi connectivity index (χ4n) is 2.37. The SMILES string of the molecule is CN(C(=O)c1ccc(Br)o1)c1ccccc1C(=O)NCc1ccc(Cl)s1. The van der Waals surface area contributed by atoms with Crippen molar-refractivity contribution in [3.05, 3.63) is 73.7 Å². The van der Waals surface area contributed by atoms with Crippen LogP contribution in [0, 0.1) is 0 Å². The van der Waals surface area contributed by atoms with Gasteiger partial charge in [0.25, 0.3) is 11.8 Å². The van der Waals surface area contributed by atoms with E-state index < -0.39 is 0 Å². The maximum Gasteiger partial charge on any atom is 0.293 e. The molecule has 0 bridgehead atoms. The molecule has 0 unspecified atom stereocenters. The summed E-state index contributed by atoms with van der Waals surface area (Å²) in [6.07, 6.45) is 0. The van der Waals surface area contributed by atoms with Gasteiger partial charge in [-0.15, -0.1) is 11.3 Å². The molecule has 2 amide bonds. The van der Waals surface area contributed by atoms with Gasteiger partial charge in [0.15, 0.2) is 10.4 Å². The molecule has 8 heteroatoms. The molecular formula is C18H14BrClN2O3S. The largest absolute Gasteiger partial charge is 0.444 e. The van der Waals surface area contributed by atoms with Crippen molar-refractivity contribution < 1.29 is 14.0 Å². The maximum absolute atomic E-state index is 12.6. The fourth-order valence-corrected chi connectivity index (χ4v) is 3.71. The van der Waals surface area contributed by atoms with Crippen LogP contribution in [-0.4, -0.2) is 18.9 Å². The highest BCUT2D eigenvalue weighted by Gasteiger charge is 2.21. The van der Waals surface area contributed by atoms with Crippen LogP contribution >= 0.6 is 38.9 Å². The highest BCUT2D eigenvalue weighted by molar-refractivity contribution is 9.10. The average Bonchev–Trinajstić information content (AvgIpc) is 3.26. The molecule has 3 rings (SSSR count). The van der Waals surface area contributed by atoms with Gasteiger partial charge in [-0.05, 0) is 52.3 Å². The number of carbonyl (C=O) groups is 2. The van der Waals surface area contributed by atoms with E-state index in [2.05, 4.69) is 21.2 Å². The van der Waals surface area contributed by atoms with E-state index in [-0.39, 0.29) is 17.6 Å². The van der Waals surface area contributed by atoms with Gasteiger partial charge in [-0.25, -0.2) is 0 Å². The molecule has 5 nitrogen and oxygen atoms in total. The smallest absolute Gasteiger partial charge is 0.293 e. The zero-order valence-electron chi connectivity index (χ0n) is 13.7. The van der Waals surface area contributed by atoms with Crippen molar-refractivity contribution in [3.8, 4) is 0 Å². The second-order valence-corrected chi connectivity index (χ2v) is 7.95. The minimum Gasteiger partial charge on any atom is -0.444 e. The van der Waals surface area contributed by atoms with Crippen LogP contribution in [0.5, 0.6) is 0 Å². The number of benzene rings is 1. The van der Waals surface area contributed by atoms with Crippen LogP contribution in [-0.2, 0) is 6.54 Å². The molecule has 1 N–H and O–H groups in total. The first-order valence-corrected chi connectivity index (χ1v) is 9.59. The normalized spacial score (nSPS) is 10.6. The van der Waals surface area contributed by atoms with E-state index in [0.717, 1.165) is 4.88 Å². The summed E-state index contributed by atoms with van der Waals surface area (Å²) < 4.78 is 6.45. The predicted molar refractivity (Wildman–Crippen MR) is 106 cm³/mol. The molecular weight excluding hydrogens is 440 g/mol. The average molecular weight is 454 g/mol. The van der Waals surface area contributed by atoms with E-state index in [1.807, 2.05) is 6.07 Å². The number of rotatable bonds is 5. The van der Waals surface area contributed by atoms with Crippen LogP contribution < -0.4 is 10.2 Å². The van der Waals surface area contributed by atoms with Crippen LogP contribution in [0.4, 0.5) is 5.69 Å². The second-order valence-electron chi connectivity index (χ2n) is 5.37. The molecule has 0 saturated heterocycles. The Kier molecular flexibility index (Phi) is 5.80. The Balaban J connectivity index is 1.78. The van der Waals surface area contributed by atoms with Crippen molar-refractivity contribution in [1.29, 1.82) is 0 Å². The van der Waals surface area contributed by atoms with Crippen LogP contribution in [0.1, 0.15) is 25.8 Å². The monoisotopic (exact) mass is 452 g/mol. The first kappa shape index (κ1) is 18.7. The standard InChI is InChI=1S/C18H14BrClN2O3S/c1-22(18(24)14-7-8-15(19)25-14)13-5-3-2-4-12(13)17(23)21-10-11-6-9-16(20)26-11/h2-9H,10H2,1H3,(H,21,23). The molecule has 1 aromatic carbocycles. The van der Waals surface area contributed by atoms with E-state index in [1.165, 1.54) is 16.2 Å². The third kappa shape index (κ3) is 4.17. The number of carbonyl (C=O) groups excluding carboxylic acids is 2. The van der Waals surface area contributed by atoms with E-state index in [9.17, 15) is 9.59 Å². The Hall–Kier alpha value is -2.09. The number of hydrogen-bond acceptors (Lipinski definition) is 4. The molecule has 0 aliphatic heterocycles. The lowest BCUT2D eigenvalue weighted by Gasteiger charge is -2.19. The second kappa shape index (κ2) is 8.07. The number of halogens is 2. The number of para-hydroxylation sites is 1. The Morgan fingerprint density at radius 2 is 1.96 bits per heavy atom. The van der Waals surface area contributed by atoms with Gasteiger partial charge in [-0.1, -0.05) is 23.7 Å². The van der Waals surface area contributed by atoms with Crippen molar-refractivity contribution in [3.63, 3.8) is 0 Å². The molecule has 0 aliphatic rings. The van der Waals surface area contributed by atoms with Crippen LogP contribution in [0.2, 0.25) is 4.34 Å². The third-order valence-electron chi connectivity index (χ3n) is 3.65. The molecule has 0 aliphatic carbocycles. The Morgan fingerprint density at radius 1 is 1.19 bits per heavy atom. The lowest BCUT2D eigenvalue weighted by atomic mass is 10.1. The van der Waals surface area contributed by atoms with Crippen molar-refractivity contribution in [2.24, 2.45) is 0 Å². The van der Waals surface area contributed by atoms with E-state index in [4.69, 9.17) is 16.0 Å². The zero-order valence-corrected chi connectivity index (χ0v) is 16.8. The minimum atomic E-state index is -0.346. The van der Waals surface area contributed by atoms with E-state index >= 15 is 0 Å².